The van der Waals surface area contributed by atoms with Crippen LogP contribution in [0.1, 0.15) is 45.4 Å². The van der Waals surface area contributed by atoms with Crippen LogP contribution in [-0.4, -0.2) is 13.1 Å². The molecule has 17 heavy (non-hydrogen) atoms. The van der Waals surface area contributed by atoms with Crippen LogP contribution in [-0.2, 0) is 5.41 Å². The quantitative estimate of drug-likeness (QED) is 0.851. The molecule has 0 aliphatic heterocycles. The zero-order valence-electron chi connectivity index (χ0n) is 11.5. The van der Waals surface area contributed by atoms with Crippen LogP contribution < -0.4 is 5.32 Å². The predicted molar refractivity (Wildman–Crippen MR) is 76.7 cm³/mol. The van der Waals surface area contributed by atoms with Crippen LogP contribution in [0, 0.1) is 11.3 Å². The summed E-state index contributed by atoms with van der Waals surface area (Å²) in [4.78, 5) is 1.58. The van der Waals surface area contributed by atoms with E-state index < -0.39 is 0 Å². The molecule has 0 amide bonds. The average Bonchev–Trinajstić information content (AvgIpc) is 2.67. The van der Waals surface area contributed by atoms with Crippen LogP contribution in [0.4, 0.5) is 0 Å². The Morgan fingerprint density at radius 1 is 1.41 bits per heavy atom. The van der Waals surface area contributed by atoms with E-state index in [1.54, 1.807) is 4.88 Å². The van der Waals surface area contributed by atoms with Crippen molar-refractivity contribution in [1.82, 2.24) is 5.32 Å². The van der Waals surface area contributed by atoms with Crippen molar-refractivity contribution in [2.45, 2.75) is 46.0 Å². The second-order valence-electron chi connectivity index (χ2n) is 6.51. The lowest BCUT2D eigenvalue weighted by atomic mass is 9.54. The Morgan fingerprint density at radius 3 is 2.59 bits per heavy atom. The smallest absolute Gasteiger partial charge is 0.0177 e. The highest BCUT2D eigenvalue weighted by molar-refractivity contribution is 7.10. The lowest BCUT2D eigenvalue weighted by Crippen LogP contribution is -2.51. The fourth-order valence-corrected chi connectivity index (χ4v) is 3.82. The van der Waals surface area contributed by atoms with Crippen LogP contribution in [0.15, 0.2) is 17.5 Å². The normalized spacial score (nSPS) is 29.1. The standard InChI is InChI=1S/C15H25NS/c1-5-16-11-15(13-7-6-8-17-13)9-12(10-15)14(2,3)4/h6-8,12,16H,5,9-11H2,1-4H3. The molecule has 1 heterocycles. The summed E-state index contributed by atoms with van der Waals surface area (Å²) in [7, 11) is 0. The summed E-state index contributed by atoms with van der Waals surface area (Å²) in [5.74, 6) is 0.878. The van der Waals surface area contributed by atoms with Crippen molar-refractivity contribution < 1.29 is 0 Å². The van der Waals surface area contributed by atoms with E-state index in [2.05, 4.69) is 50.5 Å². The van der Waals surface area contributed by atoms with Gasteiger partial charge < -0.3 is 5.32 Å². The molecule has 1 aromatic rings. The van der Waals surface area contributed by atoms with Gasteiger partial charge in [0, 0.05) is 16.8 Å². The average molecular weight is 251 g/mol. The van der Waals surface area contributed by atoms with Gasteiger partial charge in [-0.3, -0.25) is 0 Å². The van der Waals surface area contributed by atoms with E-state index in [0.717, 1.165) is 19.0 Å². The summed E-state index contributed by atoms with van der Waals surface area (Å²) < 4.78 is 0. The summed E-state index contributed by atoms with van der Waals surface area (Å²) in [6, 6.07) is 4.51. The number of hydrogen-bond donors (Lipinski definition) is 1. The van der Waals surface area contributed by atoms with Crippen molar-refractivity contribution in [2.75, 3.05) is 13.1 Å². The molecule has 0 unspecified atom stereocenters. The van der Waals surface area contributed by atoms with Crippen LogP contribution in [0.5, 0.6) is 0 Å². The highest BCUT2D eigenvalue weighted by Gasteiger charge is 2.49. The first kappa shape index (κ1) is 13.1. The molecule has 96 valence electrons. The second-order valence-corrected chi connectivity index (χ2v) is 7.46. The van der Waals surface area contributed by atoms with Gasteiger partial charge in [0.25, 0.3) is 0 Å². The molecule has 0 saturated heterocycles. The molecular weight excluding hydrogens is 226 g/mol. The molecule has 0 spiro atoms. The summed E-state index contributed by atoms with van der Waals surface area (Å²) in [6.07, 6.45) is 2.70. The van der Waals surface area contributed by atoms with Gasteiger partial charge in [-0.2, -0.15) is 0 Å². The second kappa shape index (κ2) is 4.74. The predicted octanol–water partition coefficient (Wildman–Crippen LogP) is 4.05. The van der Waals surface area contributed by atoms with Crippen LogP contribution in [0.2, 0.25) is 0 Å². The summed E-state index contributed by atoms with van der Waals surface area (Å²) in [6.45, 7) is 11.6. The maximum atomic E-state index is 3.56. The molecule has 1 aliphatic carbocycles. The third-order valence-corrected chi connectivity index (χ3v) is 5.37. The zero-order valence-corrected chi connectivity index (χ0v) is 12.4. The summed E-state index contributed by atoms with van der Waals surface area (Å²) in [5.41, 5.74) is 0.898. The van der Waals surface area contributed by atoms with E-state index in [1.807, 2.05) is 11.3 Å². The topological polar surface area (TPSA) is 12.0 Å². The SMILES string of the molecule is CCNCC1(c2cccs2)CC(C(C)(C)C)C1. The molecule has 1 aliphatic rings. The Balaban J connectivity index is 2.08. The number of nitrogens with one attached hydrogen (secondary N) is 1. The van der Waals surface area contributed by atoms with Gasteiger partial charge >= 0.3 is 0 Å². The first-order valence-corrected chi connectivity index (χ1v) is 7.60. The van der Waals surface area contributed by atoms with Crippen LogP contribution in [0.3, 0.4) is 0 Å². The molecule has 0 aromatic carbocycles. The fourth-order valence-electron chi connectivity index (χ4n) is 2.87. The monoisotopic (exact) mass is 251 g/mol. The first-order chi connectivity index (χ1) is 7.98. The lowest BCUT2D eigenvalue weighted by Gasteiger charge is -2.53. The highest BCUT2D eigenvalue weighted by atomic mass is 32.1. The van der Waals surface area contributed by atoms with Gasteiger partial charge in [0.05, 0.1) is 0 Å². The molecule has 1 nitrogen and oxygen atoms in total. The minimum Gasteiger partial charge on any atom is -0.316 e. The minimum atomic E-state index is 0.433. The Hall–Kier alpha value is -0.340. The van der Waals surface area contributed by atoms with Crippen molar-refractivity contribution in [1.29, 1.82) is 0 Å². The van der Waals surface area contributed by atoms with Crippen LogP contribution >= 0.6 is 11.3 Å². The molecule has 1 fully saturated rings. The molecule has 1 N–H and O–H groups in total. The molecule has 0 bridgehead atoms. The summed E-state index contributed by atoms with van der Waals surface area (Å²) in [5, 5.41) is 5.77. The van der Waals surface area contributed by atoms with E-state index >= 15 is 0 Å². The largest absolute Gasteiger partial charge is 0.316 e. The third kappa shape index (κ3) is 2.58. The third-order valence-electron chi connectivity index (χ3n) is 4.26. The van der Waals surface area contributed by atoms with Crippen molar-refractivity contribution >= 4 is 11.3 Å². The van der Waals surface area contributed by atoms with Crippen LogP contribution in [0.25, 0.3) is 0 Å². The van der Waals surface area contributed by atoms with Gasteiger partial charge in [-0.15, -0.1) is 11.3 Å². The highest BCUT2D eigenvalue weighted by Crippen LogP contribution is 2.54. The number of rotatable bonds is 4. The van der Waals surface area contributed by atoms with E-state index in [4.69, 9.17) is 0 Å². The van der Waals surface area contributed by atoms with E-state index in [1.165, 1.54) is 12.8 Å². The van der Waals surface area contributed by atoms with E-state index in [9.17, 15) is 0 Å². The maximum Gasteiger partial charge on any atom is 0.0177 e. The molecular formula is C15H25NS. The summed E-state index contributed by atoms with van der Waals surface area (Å²) >= 11 is 1.93. The van der Waals surface area contributed by atoms with Gasteiger partial charge in [0.1, 0.15) is 0 Å². The molecule has 0 atom stereocenters. The van der Waals surface area contributed by atoms with Gasteiger partial charge in [-0.05, 0) is 42.2 Å². The van der Waals surface area contributed by atoms with Gasteiger partial charge in [-0.1, -0.05) is 33.8 Å². The maximum absolute atomic E-state index is 3.56. The van der Waals surface area contributed by atoms with Gasteiger partial charge in [-0.25, -0.2) is 0 Å². The first-order valence-electron chi connectivity index (χ1n) is 6.73. The Morgan fingerprint density at radius 2 is 2.12 bits per heavy atom. The number of hydrogen-bond acceptors (Lipinski definition) is 2. The Kier molecular flexibility index (Phi) is 3.65. The van der Waals surface area contributed by atoms with Crippen molar-refractivity contribution in [3.05, 3.63) is 22.4 Å². The molecule has 2 rings (SSSR count). The van der Waals surface area contributed by atoms with Crippen molar-refractivity contribution in [2.24, 2.45) is 11.3 Å². The van der Waals surface area contributed by atoms with Crippen molar-refractivity contribution in [3.8, 4) is 0 Å². The van der Waals surface area contributed by atoms with E-state index in [0.29, 0.717) is 10.8 Å². The number of likely N-dealkylation sites (N-methyl/N-ethyl adjacent to an activating group) is 1. The Bertz CT molecular complexity index is 341. The Labute approximate surface area is 110 Å². The zero-order chi connectivity index (χ0) is 12.5. The molecule has 0 radical (unpaired) electrons. The minimum absolute atomic E-state index is 0.433. The lowest BCUT2D eigenvalue weighted by molar-refractivity contribution is 0.0474. The molecule has 1 saturated carbocycles. The molecule has 2 heteroatoms. The van der Waals surface area contributed by atoms with E-state index in [-0.39, 0.29) is 0 Å². The number of thiophene rings is 1. The fraction of sp³-hybridized carbons (Fsp3) is 0.733. The van der Waals surface area contributed by atoms with Crippen molar-refractivity contribution in [3.63, 3.8) is 0 Å². The van der Waals surface area contributed by atoms with Gasteiger partial charge in [0.15, 0.2) is 0 Å². The molecule has 1 aromatic heterocycles. The van der Waals surface area contributed by atoms with Gasteiger partial charge in [0.2, 0.25) is 0 Å².